The third-order valence-corrected chi connectivity index (χ3v) is 4.25. The molecule has 0 amide bonds. The summed E-state index contributed by atoms with van der Waals surface area (Å²) in [6, 6.07) is 9.68. The van der Waals surface area contributed by atoms with E-state index in [1.807, 2.05) is 30.3 Å². The van der Waals surface area contributed by atoms with Gasteiger partial charge in [0.1, 0.15) is 12.8 Å². The molecule has 0 aliphatic heterocycles. The highest BCUT2D eigenvalue weighted by Crippen LogP contribution is 2.30. The maximum atomic E-state index is 13.5. The molecule has 22 heavy (non-hydrogen) atoms. The van der Waals surface area contributed by atoms with Crippen LogP contribution >= 0.6 is 0 Å². The van der Waals surface area contributed by atoms with Crippen molar-refractivity contribution in [2.24, 2.45) is 5.92 Å². The minimum absolute atomic E-state index is 0.309. The fourth-order valence-corrected chi connectivity index (χ4v) is 2.89. The lowest BCUT2D eigenvalue weighted by Gasteiger charge is -2.34. The quantitative estimate of drug-likeness (QED) is 0.546. The van der Waals surface area contributed by atoms with Gasteiger partial charge in [0, 0.05) is 0 Å². The Labute approximate surface area is 133 Å². The second-order valence-corrected chi connectivity index (χ2v) is 6.14. The van der Waals surface area contributed by atoms with Crippen molar-refractivity contribution in [2.75, 3.05) is 6.67 Å². The van der Waals surface area contributed by atoms with Gasteiger partial charge in [0.15, 0.2) is 5.79 Å². The Morgan fingerprint density at radius 3 is 2.55 bits per heavy atom. The Balaban J connectivity index is 1.94. The van der Waals surface area contributed by atoms with Crippen LogP contribution in [0.5, 0.6) is 0 Å². The molecule has 2 atom stereocenters. The van der Waals surface area contributed by atoms with Crippen LogP contribution in [0.2, 0.25) is 0 Å². The highest BCUT2D eigenvalue weighted by Gasteiger charge is 2.33. The molecule has 2 rings (SSSR count). The maximum absolute atomic E-state index is 13.5. The van der Waals surface area contributed by atoms with Gasteiger partial charge >= 0.3 is 0 Å². The molecule has 2 nitrogen and oxygen atoms in total. The molecule has 0 spiro atoms. The molecule has 0 heterocycles. The van der Waals surface area contributed by atoms with Crippen LogP contribution in [0.1, 0.15) is 44.6 Å². The summed E-state index contributed by atoms with van der Waals surface area (Å²) < 4.78 is 25.0. The molecule has 0 aromatic heterocycles. The van der Waals surface area contributed by atoms with Crippen LogP contribution in [0.25, 0.3) is 0 Å². The number of hydrogen-bond acceptors (Lipinski definition) is 2. The Kier molecular flexibility index (Phi) is 6.42. The third-order valence-electron chi connectivity index (χ3n) is 4.25. The van der Waals surface area contributed by atoms with Gasteiger partial charge in [0.2, 0.25) is 0 Å². The molecule has 3 heteroatoms. The minimum atomic E-state index is -1.29. The van der Waals surface area contributed by atoms with Crippen molar-refractivity contribution in [1.82, 2.24) is 0 Å². The van der Waals surface area contributed by atoms with E-state index in [1.54, 1.807) is 6.92 Å². The number of rotatable bonds is 7. The van der Waals surface area contributed by atoms with Crippen LogP contribution < -0.4 is 0 Å². The van der Waals surface area contributed by atoms with E-state index in [1.165, 1.54) is 19.3 Å². The van der Waals surface area contributed by atoms with Crippen LogP contribution in [0.4, 0.5) is 4.39 Å². The number of benzene rings is 1. The van der Waals surface area contributed by atoms with E-state index >= 15 is 0 Å². The summed E-state index contributed by atoms with van der Waals surface area (Å²) in [7, 11) is 0. The van der Waals surface area contributed by atoms with E-state index in [9.17, 15) is 4.39 Å². The van der Waals surface area contributed by atoms with Crippen LogP contribution in [0.15, 0.2) is 30.3 Å². The fraction of sp³-hybridized carbons (Fsp3) is 0.579. The Hall–Kier alpha value is -1.37. The van der Waals surface area contributed by atoms with Crippen molar-refractivity contribution in [3.05, 3.63) is 35.9 Å². The molecule has 1 saturated carbocycles. The number of halogens is 1. The zero-order valence-corrected chi connectivity index (χ0v) is 13.3. The van der Waals surface area contributed by atoms with E-state index in [-0.39, 0.29) is 6.10 Å². The zero-order valence-electron chi connectivity index (χ0n) is 13.3. The summed E-state index contributed by atoms with van der Waals surface area (Å²) in [5, 5.41) is 0. The van der Waals surface area contributed by atoms with Crippen molar-refractivity contribution >= 4 is 0 Å². The zero-order chi connectivity index (χ0) is 15.8. The first kappa shape index (κ1) is 17.0. The lowest BCUT2D eigenvalue weighted by atomic mass is 9.85. The summed E-state index contributed by atoms with van der Waals surface area (Å²) in [5.41, 5.74) is 0.987. The fourth-order valence-electron chi connectivity index (χ4n) is 2.89. The summed E-state index contributed by atoms with van der Waals surface area (Å²) in [6.45, 7) is 1.22. The summed E-state index contributed by atoms with van der Waals surface area (Å²) in [5.74, 6) is 1.71. The Morgan fingerprint density at radius 1 is 1.27 bits per heavy atom. The van der Waals surface area contributed by atoms with Gasteiger partial charge in [-0.3, -0.25) is 0 Å². The summed E-state index contributed by atoms with van der Waals surface area (Å²) in [4.78, 5) is 0. The molecule has 1 aliphatic rings. The molecule has 1 fully saturated rings. The highest BCUT2D eigenvalue weighted by molar-refractivity contribution is 5.13. The smallest absolute Gasteiger partial charge is 0.195 e. The topological polar surface area (TPSA) is 18.5 Å². The standard InChI is InChI=1S/C19H25FO2/c1-3-18(17-12-8-5-9-13-17)22-19(2,15-20)21-14-16-10-6-4-7-11-16/h1,4,6-7,10-11,17-18H,5,8-9,12-15H2,2H3/t18-,19?/m0/s1. The molecule has 1 aromatic rings. The maximum Gasteiger partial charge on any atom is 0.195 e. The molecule has 0 radical (unpaired) electrons. The van der Waals surface area contributed by atoms with E-state index < -0.39 is 12.5 Å². The van der Waals surface area contributed by atoms with Crippen LogP contribution in [-0.2, 0) is 16.1 Å². The Morgan fingerprint density at radius 2 is 1.95 bits per heavy atom. The molecule has 0 N–H and O–H groups in total. The third kappa shape index (κ3) is 4.83. The molecule has 1 aliphatic carbocycles. The van der Waals surface area contributed by atoms with Crippen LogP contribution in [0.3, 0.4) is 0 Å². The second-order valence-electron chi connectivity index (χ2n) is 6.14. The average molecular weight is 304 g/mol. The van der Waals surface area contributed by atoms with E-state index in [4.69, 9.17) is 15.9 Å². The van der Waals surface area contributed by atoms with Gasteiger partial charge in [-0.2, -0.15) is 0 Å². The monoisotopic (exact) mass is 304 g/mol. The van der Waals surface area contributed by atoms with Gasteiger partial charge < -0.3 is 9.47 Å². The van der Waals surface area contributed by atoms with Gasteiger partial charge in [0.25, 0.3) is 0 Å². The largest absolute Gasteiger partial charge is 0.343 e. The summed E-state index contributed by atoms with van der Waals surface area (Å²) in [6.07, 6.45) is 10.9. The predicted molar refractivity (Wildman–Crippen MR) is 85.9 cm³/mol. The molecular formula is C19H25FO2. The molecule has 1 unspecified atom stereocenters. The van der Waals surface area contributed by atoms with Crippen molar-refractivity contribution in [2.45, 2.75) is 57.5 Å². The highest BCUT2D eigenvalue weighted by atomic mass is 19.1. The molecule has 1 aromatic carbocycles. The lowest BCUT2D eigenvalue weighted by Crippen LogP contribution is -2.41. The number of hydrogen-bond donors (Lipinski definition) is 0. The van der Waals surface area contributed by atoms with Gasteiger partial charge in [-0.1, -0.05) is 55.5 Å². The van der Waals surface area contributed by atoms with Gasteiger partial charge in [0.05, 0.1) is 6.61 Å². The first-order valence-electron chi connectivity index (χ1n) is 8.04. The Bertz CT molecular complexity index is 476. The van der Waals surface area contributed by atoms with Gasteiger partial charge in [-0.15, -0.1) is 6.42 Å². The normalized spacial score (nSPS) is 20.0. The van der Waals surface area contributed by atoms with Gasteiger partial charge in [-0.25, -0.2) is 4.39 Å². The number of terminal acetylenes is 1. The summed E-state index contributed by atoms with van der Waals surface area (Å²) >= 11 is 0. The molecule has 0 bridgehead atoms. The lowest BCUT2D eigenvalue weighted by molar-refractivity contribution is -0.259. The van der Waals surface area contributed by atoms with Crippen LogP contribution in [0, 0.1) is 18.3 Å². The first-order valence-corrected chi connectivity index (χ1v) is 8.04. The van der Waals surface area contributed by atoms with E-state index in [0.29, 0.717) is 12.5 Å². The van der Waals surface area contributed by atoms with Gasteiger partial charge in [-0.05, 0) is 31.2 Å². The van der Waals surface area contributed by atoms with E-state index in [0.717, 1.165) is 18.4 Å². The van der Waals surface area contributed by atoms with Crippen molar-refractivity contribution in [3.63, 3.8) is 0 Å². The second kappa shape index (κ2) is 8.31. The van der Waals surface area contributed by atoms with Crippen molar-refractivity contribution in [3.8, 4) is 12.3 Å². The average Bonchev–Trinajstić information content (AvgIpc) is 2.60. The van der Waals surface area contributed by atoms with E-state index in [2.05, 4.69) is 5.92 Å². The molecule has 120 valence electrons. The molecule has 0 saturated heterocycles. The van der Waals surface area contributed by atoms with Crippen LogP contribution in [-0.4, -0.2) is 18.6 Å². The van der Waals surface area contributed by atoms with Crippen molar-refractivity contribution in [1.29, 1.82) is 0 Å². The number of alkyl halides is 1. The minimum Gasteiger partial charge on any atom is -0.343 e. The number of ether oxygens (including phenoxy) is 2. The van der Waals surface area contributed by atoms with Crippen molar-refractivity contribution < 1.29 is 13.9 Å². The molecular weight excluding hydrogens is 279 g/mol. The predicted octanol–water partition coefficient (Wildman–Crippen LogP) is 4.49. The first-order chi connectivity index (χ1) is 10.7. The SMILES string of the molecule is C#C[C@H](OC(C)(CF)OCc1ccccc1)C1CCCCC1.